The molecule has 0 N–H and O–H groups in total. The Morgan fingerprint density at radius 1 is 1.06 bits per heavy atom. The van der Waals surface area contributed by atoms with E-state index in [4.69, 9.17) is 14.5 Å². The van der Waals surface area contributed by atoms with E-state index >= 15 is 0 Å². The van der Waals surface area contributed by atoms with Crippen LogP contribution in [0.25, 0.3) is 20.8 Å². The molecule has 36 heavy (non-hydrogen) atoms. The SMILES string of the molecule is CCOC(=O)C(C)Oc1ccc(SCCc2cccc3sc(-c4ccc(C(F)(F)F)cc4)nc23)cc1. The van der Waals surface area contributed by atoms with Crippen LogP contribution in [0.4, 0.5) is 13.2 Å². The van der Waals surface area contributed by atoms with Crippen LogP contribution in [0.2, 0.25) is 0 Å². The molecule has 0 spiro atoms. The Morgan fingerprint density at radius 3 is 2.44 bits per heavy atom. The maximum atomic E-state index is 12.9. The van der Waals surface area contributed by atoms with Crippen LogP contribution >= 0.6 is 23.1 Å². The maximum Gasteiger partial charge on any atom is 0.416 e. The average Bonchev–Trinajstić information content (AvgIpc) is 3.30. The Morgan fingerprint density at radius 2 is 1.78 bits per heavy atom. The van der Waals surface area contributed by atoms with Gasteiger partial charge < -0.3 is 9.47 Å². The predicted molar refractivity (Wildman–Crippen MR) is 138 cm³/mol. The third-order valence-electron chi connectivity index (χ3n) is 5.36. The van der Waals surface area contributed by atoms with Crippen molar-refractivity contribution in [3.8, 4) is 16.3 Å². The molecule has 1 aromatic heterocycles. The second-order valence-corrected chi connectivity index (χ2v) is 10.1. The molecule has 0 bridgehead atoms. The van der Waals surface area contributed by atoms with Crippen LogP contribution < -0.4 is 4.74 Å². The van der Waals surface area contributed by atoms with E-state index in [0.29, 0.717) is 22.9 Å². The first-order valence-electron chi connectivity index (χ1n) is 11.4. The second-order valence-electron chi connectivity index (χ2n) is 7.94. The number of carbonyl (C=O) groups is 1. The Bertz CT molecular complexity index is 1320. The van der Waals surface area contributed by atoms with E-state index < -0.39 is 23.8 Å². The number of esters is 1. The molecule has 4 nitrogen and oxygen atoms in total. The third-order valence-corrected chi connectivity index (χ3v) is 7.44. The number of hydrogen-bond donors (Lipinski definition) is 0. The predicted octanol–water partition coefficient (Wildman–Crippen LogP) is 7.65. The summed E-state index contributed by atoms with van der Waals surface area (Å²) < 4.78 is 50.2. The summed E-state index contributed by atoms with van der Waals surface area (Å²) in [6, 6.07) is 18.7. The molecule has 0 radical (unpaired) electrons. The Balaban J connectivity index is 1.38. The van der Waals surface area contributed by atoms with Gasteiger partial charge >= 0.3 is 12.1 Å². The Labute approximate surface area is 215 Å². The number of aromatic nitrogens is 1. The lowest BCUT2D eigenvalue weighted by molar-refractivity contribution is -0.150. The molecule has 1 atom stereocenters. The number of thiazole rings is 1. The molecule has 4 rings (SSSR count). The fourth-order valence-electron chi connectivity index (χ4n) is 3.54. The van der Waals surface area contributed by atoms with Gasteiger partial charge in [0.05, 0.1) is 22.4 Å². The van der Waals surface area contributed by atoms with Crippen LogP contribution in [0.3, 0.4) is 0 Å². The standard InChI is InChI=1S/C27H24F3NO3S2/c1-3-33-26(32)17(2)34-21-11-13-22(14-12-21)35-16-15-18-5-4-6-23-24(18)31-25(36-23)19-7-9-20(10-8-19)27(28,29)30/h4-14,17H,3,15-16H2,1-2H3. The van der Waals surface area contributed by atoms with Crippen molar-refractivity contribution in [2.75, 3.05) is 12.4 Å². The van der Waals surface area contributed by atoms with E-state index in [9.17, 15) is 18.0 Å². The van der Waals surface area contributed by atoms with Gasteiger partial charge in [0.25, 0.3) is 0 Å². The van der Waals surface area contributed by atoms with Gasteiger partial charge in [0.1, 0.15) is 10.8 Å². The van der Waals surface area contributed by atoms with Gasteiger partial charge in [-0.3, -0.25) is 0 Å². The first-order valence-corrected chi connectivity index (χ1v) is 13.2. The quantitative estimate of drug-likeness (QED) is 0.164. The Hall–Kier alpha value is -3.04. The maximum absolute atomic E-state index is 12.9. The molecule has 0 fully saturated rings. The molecule has 1 unspecified atom stereocenters. The van der Waals surface area contributed by atoms with Crippen molar-refractivity contribution in [2.45, 2.75) is 37.4 Å². The molecule has 188 valence electrons. The lowest BCUT2D eigenvalue weighted by atomic mass is 10.1. The average molecular weight is 532 g/mol. The first kappa shape index (κ1) is 26.0. The molecular weight excluding hydrogens is 507 g/mol. The highest BCUT2D eigenvalue weighted by molar-refractivity contribution is 7.99. The van der Waals surface area contributed by atoms with Crippen LogP contribution in [0.5, 0.6) is 5.75 Å². The zero-order valence-corrected chi connectivity index (χ0v) is 21.3. The number of hydrogen-bond acceptors (Lipinski definition) is 6. The van der Waals surface area contributed by atoms with Gasteiger partial charge in [-0.25, -0.2) is 9.78 Å². The van der Waals surface area contributed by atoms with Crippen LogP contribution in [-0.2, 0) is 22.1 Å². The number of aryl methyl sites for hydroxylation is 1. The minimum atomic E-state index is -4.36. The minimum absolute atomic E-state index is 0.313. The lowest BCUT2D eigenvalue weighted by Gasteiger charge is -2.13. The highest BCUT2D eigenvalue weighted by Gasteiger charge is 2.30. The summed E-state index contributed by atoms with van der Waals surface area (Å²) in [4.78, 5) is 17.5. The summed E-state index contributed by atoms with van der Waals surface area (Å²) in [5.74, 6) is 1.03. The minimum Gasteiger partial charge on any atom is -0.479 e. The summed E-state index contributed by atoms with van der Waals surface area (Å²) in [5, 5.41) is 0.700. The van der Waals surface area contributed by atoms with Crippen molar-refractivity contribution in [3.63, 3.8) is 0 Å². The van der Waals surface area contributed by atoms with E-state index in [0.717, 1.165) is 45.0 Å². The number of benzene rings is 3. The zero-order chi connectivity index (χ0) is 25.7. The van der Waals surface area contributed by atoms with Crippen molar-refractivity contribution in [2.24, 2.45) is 0 Å². The van der Waals surface area contributed by atoms with Crippen molar-refractivity contribution in [1.29, 1.82) is 0 Å². The number of alkyl halides is 3. The molecule has 0 amide bonds. The van der Waals surface area contributed by atoms with Gasteiger partial charge in [-0.05, 0) is 68.3 Å². The molecule has 1 heterocycles. The molecule has 9 heteroatoms. The van der Waals surface area contributed by atoms with Crippen LogP contribution in [0.1, 0.15) is 25.0 Å². The number of thioether (sulfide) groups is 1. The van der Waals surface area contributed by atoms with Crippen LogP contribution in [0, 0.1) is 0 Å². The molecule has 0 aliphatic heterocycles. The number of fused-ring (bicyclic) bond motifs is 1. The number of para-hydroxylation sites is 1. The number of ether oxygens (including phenoxy) is 2. The number of nitrogens with zero attached hydrogens (tertiary/aromatic N) is 1. The normalized spacial score (nSPS) is 12.5. The summed E-state index contributed by atoms with van der Waals surface area (Å²) in [6.07, 6.45) is -4.24. The molecule has 0 aliphatic carbocycles. The number of halogens is 3. The van der Waals surface area contributed by atoms with Crippen LogP contribution in [-0.4, -0.2) is 29.4 Å². The van der Waals surface area contributed by atoms with Crippen molar-refractivity contribution < 1.29 is 27.4 Å². The van der Waals surface area contributed by atoms with E-state index in [1.54, 1.807) is 25.6 Å². The monoisotopic (exact) mass is 531 g/mol. The van der Waals surface area contributed by atoms with Crippen LogP contribution in [0.15, 0.2) is 71.6 Å². The zero-order valence-electron chi connectivity index (χ0n) is 19.7. The largest absolute Gasteiger partial charge is 0.479 e. The van der Waals surface area contributed by atoms with Gasteiger partial charge in [-0.1, -0.05) is 24.3 Å². The molecular formula is C27H24F3NO3S2. The van der Waals surface area contributed by atoms with E-state index in [1.165, 1.54) is 23.5 Å². The first-order chi connectivity index (χ1) is 17.2. The lowest BCUT2D eigenvalue weighted by Crippen LogP contribution is -2.25. The van der Waals surface area contributed by atoms with Gasteiger partial charge in [0.2, 0.25) is 0 Å². The fourth-order valence-corrected chi connectivity index (χ4v) is 5.44. The van der Waals surface area contributed by atoms with E-state index in [-0.39, 0.29) is 0 Å². The third kappa shape index (κ3) is 6.39. The van der Waals surface area contributed by atoms with Crippen molar-refractivity contribution in [3.05, 3.63) is 77.9 Å². The summed E-state index contributed by atoms with van der Waals surface area (Å²) >= 11 is 3.17. The van der Waals surface area contributed by atoms with E-state index in [2.05, 4.69) is 0 Å². The molecule has 0 aliphatic rings. The fraction of sp³-hybridized carbons (Fsp3) is 0.259. The molecule has 0 saturated carbocycles. The van der Waals surface area contributed by atoms with Gasteiger partial charge in [0, 0.05) is 16.2 Å². The molecule has 0 saturated heterocycles. The summed E-state index contributed by atoms with van der Waals surface area (Å²) in [7, 11) is 0. The highest BCUT2D eigenvalue weighted by atomic mass is 32.2. The van der Waals surface area contributed by atoms with E-state index in [1.807, 2.05) is 42.5 Å². The van der Waals surface area contributed by atoms with Gasteiger partial charge in [-0.15, -0.1) is 23.1 Å². The summed E-state index contributed by atoms with van der Waals surface area (Å²) in [5.41, 5.74) is 1.98. The van der Waals surface area contributed by atoms with Crippen molar-refractivity contribution >= 4 is 39.3 Å². The molecule has 4 aromatic rings. The number of carbonyl (C=O) groups excluding carboxylic acids is 1. The molecule has 3 aromatic carbocycles. The highest BCUT2D eigenvalue weighted by Crippen LogP contribution is 2.35. The van der Waals surface area contributed by atoms with Crippen molar-refractivity contribution in [1.82, 2.24) is 4.98 Å². The second kappa shape index (κ2) is 11.3. The van der Waals surface area contributed by atoms with Gasteiger partial charge in [0.15, 0.2) is 6.10 Å². The smallest absolute Gasteiger partial charge is 0.416 e. The Kier molecular flexibility index (Phi) is 8.21. The topological polar surface area (TPSA) is 48.4 Å². The summed E-state index contributed by atoms with van der Waals surface area (Å²) in [6.45, 7) is 3.72. The number of rotatable bonds is 9. The van der Waals surface area contributed by atoms with Gasteiger partial charge in [-0.2, -0.15) is 13.2 Å².